The quantitative estimate of drug-likeness (QED) is 0.248. The maximum Gasteiger partial charge on any atom is 0.210 e. The summed E-state index contributed by atoms with van der Waals surface area (Å²) >= 11 is 0. The number of ether oxygens (including phenoxy) is 1. The Balaban J connectivity index is 2.04. The molecule has 1 aromatic heterocycles. The van der Waals surface area contributed by atoms with E-state index in [0.29, 0.717) is 19.1 Å². The predicted octanol–water partition coefficient (Wildman–Crippen LogP) is 1.89. The van der Waals surface area contributed by atoms with E-state index in [1.54, 1.807) is 6.20 Å². The second-order valence-corrected chi connectivity index (χ2v) is 4.43. The van der Waals surface area contributed by atoms with Gasteiger partial charge in [0.15, 0.2) is 0 Å². The minimum Gasteiger partial charge on any atom is -0.382 e. The first-order valence-electron chi connectivity index (χ1n) is 7.04. The summed E-state index contributed by atoms with van der Waals surface area (Å²) in [5.41, 5.74) is 4.33. The number of benzene rings is 1. The number of anilines is 1. The molecule has 1 heterocycles. The first kappa shape index (κ1) is 15.2. The summed E-state index contributed by atoms with van der Waals surface area (Å²) in [5.74, 6) is 6.03. The van der Waals surface area contributed by atoms with Crippen molar-refractivity contribution in [1.29, 1.82) is 0 Å². The number of hydrazine groups is 1. The van der Waals surface area contributed by atoms with Gasteiger partial charge in [0.2, 0.25) is 5.96 Å². The molecule has 4 N–H and O–H groups in total. The molecule has 112 valence electrons. The highest BCUT2D eigenvalue weighted by molar-refractivity contribution is 6.01. The fourth-order valence-electron chi connectivity index (χ4n) is 1.96. The summed E-state index contributed by atoms with van der Waals surface area (Å²) in [7, 11) is 0. The van der Waals surface area contributed by atoms with E-state index >= 15 is 0 Å². The second-order valence-electron chi connectivity index (χ2n) is 4.43. The Hall–Kier alpha value is -2.18. The molecule has 0 atom stereocenters. The van der Waals surface area contributed by atoms with Crippen LogP contribution in [0.15, 0.2) is 41.5 Å². The van der Waals surface area contributed by atoms with Gasteiger partial charge < -0.3 is 10.1 Å². The van der Waals surface area contributed by atoms with E-state index in [-0.39, 0.29) is 0 Å². The van der Waals surface area contributed by atoms with Crippen molar-refractivity contribution in [2.45, 2.75) is 13.3 Å². The van der Waals surface area contributed by atoms with Crippen LogP contribution in [-0.4, -0.2) is 30.7 Å². The van der Waals surface area contributed by atoms with Gasteiger partial charge >= 0.3 is 0 Å². The fraction of sp³-hybridized carbons (Fsp3) is 0.333. The lowest BCUT2D eigenvalue weighted by molar-refractivity contribution is 0.146. The Morgan fingerprint density at radius 2 is 2.19 bits per heavy atom. The van der Waals surface area contributed by atoms with Gasteiger partial charge in [0.25, 0.3) is 0 Å². The number of fused-ring (bicyclic) bond motifs is 1. The third kappa shape index (κ3) is 4.40. The lowest BCUT2D eigenvalue weighted by Gasteiger charge is -2.11. The van der Waals surface area contributed by atoms with Gasteiger partial charge in [-0.15, -0.1) is 0 Å². The number of para-hydroxylation sites is 1. The lowest BCUT2D eigenvalue weighted by atomic mass is 10.2. The molecule has 0 aliphatic rings. The second kappa shape index (κ2) is 8.18. The molecule has 2 rings (SSSR count). The van der Waals surface area contributed by atoms with Crippen LogP contribution in [0.1, 0.15) is 13.3 Å². The average molecular weight is 287 g/mol. The summed E-state index contributed by atoms with van der Waals surface area (Å²) < 4.78 is 5.27. The molecule has 6 nitrogen and oxygen atoms in total. The van der Waals surface area contributed by atoms with Crippen LogP contribution in [0.5, 0.6) is 0 Å². The van der Waals surface area contributed by atoms with Gasteiger partial charge in [0.05, 0.1) is 11.2 Å². The summed E-state index contributed by atoms with van der Waals surface area (Å²) in [6.45, 7) is 4.05. The first-order chi connectivity index (χ1) is 10.3. The van der Waals surface area contributed by atoms with Crippen LogP contribution in [0.4, 0.5) is 5.69 Å². The Labute approximate surface area is 124 Å². The van der Waals surface area contributed by atoms with Crippen molar-refractivity contribution < 1.29 is 4.74 Å². The normalized spacial score (nSPS) is 11.6. The van der Waals surface area contributed by atoms with Gasteiger partial charge in [0, 0.05) is 31.3 Å². The molecule has 0 saturated heterocycles. The molecule has 6 heteroatoms. The van der Waals surface area contributed by atoms with E-state index in [0.717, 1.165) is 29.6 Å². The van der Waals surface area contributed by atoms with Crippen LogP contribution in [0.3, 0.4) is 0 Å². The Morgan fingerprint density at radius 3 is 3.00 bits per heavy atom. The standard InChI is InChI=1S/C15H21N5O/c1-2-21-11-5-10-18-15(20-16)19-13-8-3-6-12-7-4-9-17-14(12)13/h3-4,6-9H,2,5,10-11,16H2,1H3,(H2,18,19,20). The van der Waals surface area contributed by atoms with Crippen molar-refractivity contribution in [3.05, 3.63) is 36.5 Å². The molecule has 0 radical (unpaired) electrons. The van der Waals surface area contributed by atoms with Crippen molar-refractivity contribution in [3.63, 3.8) is 0 Å². The molecule has 0 aliphatic carbocycles. The van der Waals surface area contributed by atoms with Gasteiger partial charge in [-0.1, -0.05) is 18.2 Å². The van der Waals surface area contributed by atoms with Crippen LogP contribution >= 0.6 is 0 Å². The van der Waals surface area contributed by atoms with E-state index < -0.39 is 0 Å². The number of rotatable bonds is 6. The number of nitrogens with zero attached hydrogens (tertiary/aromatic N) is 2. The first-order valence-corrected chi connectivity index (χ1v) is 7.04. The Kier molecular flexibility index (Phi) is 5.93. The third-order valence-corrected chi connectivity index (χ3v) is 2.94. The van der Waals surface area contributed by atoms with Crippen molar-refractivity contribution in [1.82, 2.24) is 10.4 Å². The smallest absolute Gasteiger partial charge is 0.210 e. The molecule has 0 aliphatic heterocycles. The molecular formula is C15H21N5O. The zero-order valence-electron chi connectivity index (χ0n) is 12.2. The zero-order chi connectivity index (χ0) is 14.9. The molecule has 1 aromatic carbocycles. The predicted molar refractivity (Wildman–Crippen MR) is 86.1 cm³/mol. The number of hydrogen-bond donors (Lipinski definition) is 3. The molecule has 21 heavy (non-hydrogen) atoms. The molecule has 0 bridgehead atoms. The highest BCUT2D eigenvalue weighted by atomic mass is 16.5. The summed E-state index contributed by atoms with van der Waals surface area (Å²) in [5, 5.41) is 4.24. The van der Waals surface area contributed by atoms with Crippen molar-refractivity contribution in [2.24, 2.45) is 10.8 Å². The summed E-state index contributed by atoms with van der Waals surface area (Å²) in [6.07, 6.45) is 2.62. The van der Waals surface area contributed by atoms with Gasteiger partial charge in [0.1, 0.15) is 0 Å². The third-order valence-electron chi connectivity index (χ3n) is 2.94. The molecule has 2 aromatic rings. The van der Waals surface area contributed by atoms with Crippen LogP contribution in [-0.2, 0) is 4.74 Å². The monoisotopic (exact) mass is 287 g/mol. The largest absolute Gasteiger partial charge is 0.382 e. The highest BCUT2D eigenvalue weighted by Gasteiger charge is 2.03. The van der Waals surface area contributed by atoms with Crippen LogP contribution in [0.25, 0.3) is 10.9 Å². The van der Waals surface area contributed by atoms with Crippen molar-refractivity contribution in [3.8, 4) is 0 Å². The van der Waals surface area contributed by atoms with Crippen molar-refractivity contribution in [2.75, 3.05) is 25.1 Å². The number of nitrogens with one attached hydrogen (secondary N) is 2. The van der Waals surface area contributed by atoms with Gasteiger partial charge in [-0.3, -0.25) is 15.4 Å². The molecular weight excluding hydrogens is 266 g/mol. The fourth-order valence-corrected chi connectivity index (χ4v) is 1.96. The van der Waals surface area contributed by atoms with E-state index in [1.165, 1.54) is 0 Å². The average Bonchev–Trinajstić information content (AvgIpc) is 2.53. The Morgan fingerprint density at radius 1 is 1.33 bits per heavy atom. The topological polar surface area (TPSA) is 84.6 Å². The number of pyridine rings is 1. The van der Waals surface area contributed by atoms with Crippen LogP contribution in [0, 0.1) is 0 Å². The molecule has 0 fully saturated rings. The van der Waals surface area contributed by atoms with Gasteiger partial charge in [-0.05, 0) is 25.5 Å². The number of nitrogens with two attached hydrogens (primary N) is 1. The molecule has 0 amide bonds. The molecule has 0 saturated carbocycles. The van der Waals surface area contributed by atoms with Crippen LogP contribution in [0.2, 0.25) is 0 Å². The molecule has 0 spiro atoms. The van der Waals surface area contributed by atoms with E-state index in [4.69, 9.17) is 10.6 Å². The van der Waals surface area contributed by atoms with Crippen molar-refractivity contribution >= 4 is 22.5 Å². The maximum absolute atomic E-state index is 5.51. The zero-order valence-corrected chi connectivity index (χ0v) is 12.2. The number of aliphatic imine (C=N–C) groups is 1. The van der Waals surface area contributed by atoms with Crippen LogP contribution < -0.4 is 16.6 Å². The number of aromatic nitrogens is 1. The van der Waals surface area contributed by atoms with E-state index in [2.05, 4.69) is 20.7 Å². The summed E-state index contributed by atoms with van der Waals surface area (Å²) in [4.78, 5) is 8.76. The lowest BCUT2D eigenvalue weighted by Crippen LogP contribution is -2.36. The van der Waals surface area contributed by atoms with E-state index in [9.17, 15) is 0 Å². The maximum atomic E-state index is 5.51. The number of guanidine groups is 1. The number of hydrogen-bond acceptors (Lipinski definition) is 4. The molecule has 0 unspecified atom stereocenters. The Bertz CT molecular complexity index is 594. The van der Waals surface area contributed by atoms with Gasteiger partial charge in [-0.25, -0.2) is 5.84 Å². The SMILES string of the molecule is CCOCCCN=C(NN)Nc1cccc2cccnc12. The minimum absolute atomic E-state index is 0.518. The van der Waals surface area contributed by atoms with E-state index in [1.807, 2.05) is 37.3 Å². The van der Waals surface area contributed by atoms with Gasteiger partial charge in [-0.2, -0.15) is 0 Å². The highest BCUT2D eigenvalue weighted by Crippen LogP contribution is 2.20. The summed E-state index contributed by atoms with van der Waals surface area (Å²) in [6, 6.07) is 9.86. The minimum atomic E-state index is 0.518.